The molecule has 1 atom stereocenters. The summed E-state index contributed by atoms with van der Waals surface area (Å²) in [5, 5.41) is 9.25. The predicted octanol–water partition coefficient (Wildman–Crippen LogP) is 0.987. The van der Waals surface area contributed by atoms with Gasteiger partial charge in [0.15, 0.2) is 5.16 Å². The lowest BCUT2D eigenvalue weighted by Crippen LogP contribution is -2.34. The molecule has 1 aliphatic heterocycles. The summed E-state index contributed by atoms with van der Waals surface area (Å²) in [6, 6.07) is -0.608. The van der Waals surface area contributed by atoms with E-state index in [0.29, 0.717) is 12.4 Å². The summed E-state index contributed by atoms with van der Waals surface area (Å²) in [6.07, 6.45) is 4.54. The standard InChI is InChI=1S/C12H20N4O2S/c1-2-18-11(17)9(13)8-19-12-15-14-10-6-4-3-5-7-16(10)12/h9H,2-8,13H2,1H3. The van der Waals surface area contributed by atoms with E-state index >= 15 is 0 Å². The number of rotatable bonds is 5. The molecule has 0 amide bonds. The Morgan fingerprint density at radius 3 is 3.11 bits per heavy atom. The maximum Gasteiger partial charge on any atom is 0.323 e. The van der Waals surface area contributed by atoms with Crippen LogP contribution >= 0.6 is 11.8 Å². The van der Waals surface area contributed by atoms with Gasteiger partial charge in [-0.2, -0.15) is 0 Å². The van der Waals surface area contributed by atoms with E-state index in [2.05, 4.69) is 14.8 Å². The lowest BCUT2D eigenvalue weighted by Gasteiger charge is -2.10. The van der Waals surface area contributed by atoms with Gasteiger partial charge in [0.25, 0.3) is 0 Å². The maximum atomic E-state index is 11.4. The lowest BCUT2D eigenvalue weighted by atomic mass is 10.2. The second-order valence-corrected chi connectivity index (χ2v) is 5.52. The fourth-order valence-electron chi connectivity index (χ4n) is 2.05. The van der Waals surface area contributed by atoms with Crippen LogP contribution in [0.3, 0.4) is 0 Å². The van der Waals surface area contributed by atoms with Gasteiger partial charge in [0.1, 0.15) is 11.9 Å². The van der Waals surface area contributed by atoms with E-state index in [4.69, 9.17) is 10.5 Å². The van der Waals surface area contributed by atoms with Crippen molar-refractivity contribution in [1.82, 2.24) is 14.8 Å². The van der Waals surface area contributed by atoms with Gasteiger partial charge in [-0.3, -0.25) is 4.79 Å². The Hall–Kier alpha value is -1.08. The van der Waals surface area contributed by atoms with Gasteiger partial charge < -0.3 is 15.0 Å². The largest absolute Gasteiger partial charge is 0.465 e. The van der Waals surface area contributed by atoms with Crippen LogP contribution in [0.1, 0.15) is 32.0 Å². The van der Waals surface area contributed by atoms with Crippen molar-refractivity contribution in [2.24, 2.45) is 5.73 Å². The number of carbonyl (C=O) groups is 1. The first-order chi connectivity index (χ1) is 9.22. The fourth-order valence-corrected chi connectivity index (χ4v) is 2.96. The van der Waals surface area contributed by atoms with Crippen LogP contribution in [0.4, 0.5) is 0 Å². The topological polar surface area (TPSA) is 83.0 Å². The molecular formula is C12H20N4O2S. The van der Waals surface area contributed by atoms with Gasteiger partial charge >= 0.3 is 5.97 Å². The first-order valence-electron chi connectivity index (χ1n) is 6.69. The average Bonchev–Trinajstić information content (AvgIpc) is 2.64. The van der Waals surface area contributed by atoms with Gasteiger partial charge in [-0.05, 0) is 19.8 Å². The number of aryl methyl sites for hydroxylation is 1. The fraction of sp³-hybridized carbons (Fsp3) is 0.750. The molecule has 0 fully saturated rings. The van der Waals surface area contributed by atoms with Crippen LogP contribution < -0.4 is 5.73 Å². The van der Waals surface area contributed by atoms with Crippen LogP contribution in [0, 0.1) is 0 Å². The molecule has 0 radical (unpaired) electrons. The van der Waals surface area contributed by atoms with Crippen molar-refractivity contribution in [1.29, 1.82) is 0 Å². The number of carbonyl (C=O) groups excluding carboxylic acids is 1. The van der Waals surface area contributed by atoms with E-state index in [1.807, 2.05) is 0 Å². The minimum Gasteiger partial charge on any atom is -0.465 e. The molecule has 0 spiro atoms. The normalized spacial score (nSPS) is 16.5. The van der Waals surface area contributed by atoms with E-state index in [-0.39, 0.29) is 5.97 Å². The first kappa shape index (κ1) is 14.3. The highest BCUT2D eigenvalue weighted by Crippen LogP contribution is 2.22. The second-order valence-electron chi connectivity index (χ2n) is 4.53. The molecule has 1 aromatic heterocycles. The minimum absolute atomic E-state index is 0.356. The molecule has 1 aliphatic rings. The Balaban J connectivity index is 1.93. The van der Waals surface area contributed by atoms with Crippen molar-refractivity contribution in [3.8, 4) is 0 Å². The van der Waals surface area contributed by atoms with Crippen molar-refractivity contribution < 1.29 is 9.53 Å². The molecule has 0 bridgehead atoms. The minimum atomic E-state index is -0.608. The van der Waals surface area contributed by atoms with Crippen molar-refractivity contribution >= 4 is 17.7 Å². The van der Waals surface area contributed by atoms with Gasteiger partial charge in [0, 0.05) is 18.7 Å². The average molecular weight is 284 g/mol. The number of ether oxygens (including phenoxy) is 1. The molecule has 0 saturated heterocycles. The summed E-state index contributed by atoms with van der Waals surface area (Å²) in [6.45, 7) is 3.09. The number of hydrogen-bond donors (Lipinski definition) is 1. The van der Waals surface area contributed by atoms with E-state index in [0.717, 1.165) is 30.4 Å². The second kappa shape index (κ2) is 6.91. The summed E-state index contributed by atoms with van der Waals surface area (Å²) in [4.78, 5) is 11.4. The first-order valence-corrected chi connectivity index (χ1v) is 7.68. The highest BCUT2D eigenvalue weighted by atomic mass is 32.2. The number of nitrogens with zero attached hydrogens (tertiary/aromatic N) is 3. The van der Waals surface area contributed by atoms with Crippen LogP contribution in [0.15, 0.2) is 5.16 Å². The Kier molecular flexibility index (Phi) is 5.21. The van der Waals surface area contributed by atoms with E-state index in [9.17, 15) is 4.79 Å². The zero-order chi connectivity index (χ0) is 13.7. The summed E-state index contributed by atoms with van der Waals surface area (Å²) < 4.78 is 7.03. The summed E-state index contributed by atoms with van der Waals surface area (Å²) in [7, 11) is 0. The van der Waals surface area contributed by atoms with Gasteiger partial charge in [0.2, 0.25) is 0 Å². The molecule has 0 saturated carbocycles. The van der Waals surface area contributed by atoms with Crippen molar-refractivity contribution in [3.05, 3.63) is 5.82 Å². The van der Waals surface area contributed by atoms with Crippen LogP contribution in [0.5, 0.6) is 0 Å². The van der Waals surface area contributed by atoms with Gasteiger partial charge in [-0.15, -0.1) is 10.2 Å². The molecule has 6 nitrogen and oxygen atoms in total. The van der Waals surface area contributed by atoms with E-state index < -0.39 is 6.04 Å². The maximum absolute atomic E-state index is 11.4. The quantitative estimate of drug-likeness (QED) is 0.641. The van der Waals surface area contributed by atoms with Crippen molar-refractivity contribution in [2.75, 3.05) is 12.4 Å². The zero-order valence-electron chi connectivity index (χ0n) is 11.2. The van der Waals surface area contributed by atoms with Gasteiger partial charge in [-0.25, -0.2) is 0 Å². The van der Waals surface area contributed by atoms with Crippen LogP contribution in [0.25, 0.3) is 0 Å². The van der Waals surface area contributed by atoms with Crippen LogP contribution in [-0.4, -0.2) is 39.1 Å². The third-order valence-corrected chi connectivity index (χ3v) is 4.14. The van der Waals surface area contributed by atoms with Gasteiger partial charge in [-0.1, -0.05) is 18.2 Å². The molecule has 19 heavy (non-hydrogen) atoms. The Morgan fingerprint density at radius 2 is 2.32 bits per heavy atom. The highest BCUT2D eigenvalue weighted by molar-refractivity contribution is 7.99. The Bertz CT molecular complexity index is 435. The number of aromatic nitrogens is 3. The molecule has 2 N–H and O–H groups in total. The summed E-state index contributed by atoms with van der Waals surface area (Å²) >= 11 is 1.48. The van der Waals surface area contributed by atoms with Crippen LogP contribution in [0.2, 0.25) is 0 Å². The highest BCUT2D eigenvalue weighted by Gasteiger charge is 2.19. The zero-order valence-corrected chi connectivity index (χ0v) is 12.0. The number of esters is 1. The molecule has 0 aliphatic carbocycles. The Morgan fingerprint density at radius 1 is 1.47 bits per heavy atom. The van der Waals surface area contributed by atoms with Crippen LogP contribution in [-0.2, 0) is 22.5 Å². The number of hydrogen-bond acceptors (Lipinski definition) is 6. The summed E-state index contributed by atoms with van der Waals surface area (Å²) in [5.74, 6) is 1.16. The van der Waals surface area contributed by atoms with E-state index in [1.165, 1.54) is 24.6 Å². The van der Waals surface area contributed by atoms with Crippen molar-refractivity contribution in [3.63, 3.8) is 0 Å². The SMILES string of the molecule is CCOC(=O)C(N)CSc1nnc2n1CCCCC2. The third kappa shape index (κ3) is 3.70. The predicted molar refractivity (Wildman–Crippen MR) is 72.9 cm³/mol. The molecule has 2 rings (SSSR count). The molecule has 2 heterocycles. The number of thioether (sulfide) groups is 1. The number of nitrogens with two attached hydrogens (primary N) is 1. The molecule has 7 heteroatoms. The molecule has 1 aromatic rings. The number of fused-ring (bicyclic) bond motifs is 1. The monoisotopic (exact) mass is 284 g/mol. The lowest BCUT2D eigenvalue weighted by molar-refractivity contribution is -0.144. The Labute approximate surface area is 117 Å². The summed E-state index contributed by atoms with van der Waals surface area (Å²) in [5.41, 5.74) is 5.77. The molecular weight excluding hydrogens is 264 g/mol. The van der Waals surface area contributed by atoms with Gasteiger partial charge in [0.05, 0.1) is 6.61 Å². The smallest absolute Gasteiger partial charge is 0.323 e. The third-order valence-electron chi connectivity index (χ3n) is 3.06. The van der Waals surface area contributed by atoms with E-state index in [1.54, 1.807) is 6.92 Å². The van der Waals surface area contributed by atoms with Crippen molar-refractivity contribution in [2.45, 2.75) is 50.4 Å². The molecule has 0 aromatic carbocycles. The molecule has 1 unspecified atom stereocenters. The molecule has 106 valence electrons.